The second-order valence-electron chi connectivity index (χ2n) is 4.40. The fraction of sp³-hybridized carbons (Fsp3) is 0.583. The number of nitrogens with two attached hydrogens (primary N) is 1. The van der Waals surface area contributed by atoms with Gasteiger partial charge in [-0.15, -0.1) is 0 Å². The molecule has 0 radical (unpaired) electrons. The van der Waals surface area contributed by atoms with Crippen molar-refractivity contribution in [1.82, 2.24) is 4.98 Å². The highest BCUT2D eigenvalue weighted by atomic mass is 14.9. The lowest BCUT2D eigenvalue weighted by atomic mass is 10.0. The number of hydrogen-bond donors (Lipinski definition) is 1. The van der Waals surface area contributed by atoms with Crippen LogP contribution in [-0.2, 0) is 5.54 Å². The third-order valence-corrected chi connectivity index (χ3v) is 3.24. The molecule has 2 atom stereocenters. The Bertz CT molecular complexity index is 335. The van der Waals surface area contributed by atoms with Gasteiger partial charge in [0, 0.05) is 6.20 Å². The highest BCUT2D eigenvalue weighted by molar-refractivity contribution is 5.32. The summed E-state index contributed by atoms with van der Waals surface area (Å²) in [6.45, 7) is 4.31. The van der Waals surface area contributed by atoms with Gasteiger partial charge in [-0.1, -0.05) is 19.4 Å². The molecule has 0 spiro atoms. The minimum absolute atomic E-state index is 0.110. The number of hydrogen-bond acceptors (Lipinski definition) is 2. The number of aromatic nitrogens is 1. The van der Waals surface area contributed by atoms with E-state index < -0.39 is 0 Å². The number of pyridine rings is 1. The average molecular weight is 190 g/mol. The summed E-state index contributed by atoms with van der Waals surface area (Å²) in [6.07, 6.45) is 5.40. The summed E-state index contributed by atoms with van der Waals surface area (Å²) in [4.78, 5) is 4.42. The Balaban J connectivity index is 2.21. The van der Waals surface area contributed by atoms with E-state index >= 15 is 0 Å². The summed E-state index contributed by atoms with van der Waals surface area (Å²) in [5.41, 5.74) is 8.57. The molecule has 2 unspecified atom stereocenters. The molecule has 0 bridgehead atoms. The molecule has 0 aliphatic heterocycles. The zero-order chi connectivity index (χ0) is 10.2. The first-order chi connectivity index (χ1) is 6.68. The van der Waals surface area contributed by atoms with Crippen molar-refractivity contribution < 1.29 is 0 Å². The first kappa shape index (κ1) is 9.66. The van der Waals surface area contributed by atoms with Gasteiger partial charge in [0.2, 0.25) is 0 Å². The standard InChI is InChI=1S/C12H18N2/c1-3-5-10-8-12(10,13)11-9(2)6-4-7-14-11/h4,6-7,10H,3,5,8,13H2,1-2H3. The third-order valence-electron chi connectivity index (χ3n) is 3.24. The molecular weight excluding hydrogens is 172 g/mol. The van der Waals surface area contributed by atoms with E-state index in [2.05, 4.69) is 24.9 Å². The van der Waals surface area contributed by atoms with E-state index in [1.807, 2.05) is 12.3 Å². The second kappa shape index (κ2) is 3.35. The van der Waals surface area contributed by atoms with Crippen molar-refractivity contribution in [3.8, 4) is 0 Å². The number of aryl methyl sites for hydroxylation is 1. The summed E-state index contributed by atoms with van der Waals surface area (Å²) >= 11 is 0. The Morgan fingerprint density at radius 2 is 2.43 bits per heavy atom. The Morgan fingerprint density at radius 3 is 3.07 bits per heavy atom. The molecule has 1 fully saturated rings. The van der Waals surface area contributed by atoms with Crippen molar-refractivity contribution in [2.45, 2.75) is 38.6 Å². The summed E-state index contributed by atoms with van der Waals surface area (Å²) in [7, 11) is 0. The lowest BCUT2D eigenvalue weighted by Gasteiger charge is -2.13. The third kappa shape index (κ3) is 1.44. The minimum Gasteiger partial charge on any atom is -0.320 e. The molecule has 1 aromatic rings. The lowest BCUT2D eigenvalue weighted by molar-refractivity contribution is 0.568. The molecule has 2 N–H and O–H groups in total. The Kier molecular flexibility index (Phi) is 2.31. The van der Waals surface area contributed by atoms with Gasteiger partial charge in [-0.2, -0.15) is 0 Å². The molecule has 1 aliphatic carbocycles. The molecule has 76 valence electrons. The van der Waals surface area contributed by atoms with Crippen molar-refractivity contribution in [3.63, 3.8) is 0 Å². The van der Waals surface area contributed by atoms with Crippen molar-refractivity contribution >= 4 is 0 Å². The molecular formula is C12H18N2. The Labute approximate surface area is 85.5 Å². The SMILES string of the molecule is CCCC1CC1(N)c1ncccc1C. The molecule has 0 saturated heterocycles. The zero-order valence-corrected chi connectivity index (χ0v) is 8.96. The molecule has 1 aromatic heterocycles. The van der Waals surface area contributed by atoms with Crippen LogP contribution in [0.1, 0.15) is 37.4 Å². The summed E-state index contributed by atoms with van der Waals surface area (Å²) in [6, 6.07) is 4.07. The molecule has 1 saturated carbocycles. The fourth-order valence-corrected chi connectivity index (χ4v) is 2.32. The van der Waals surface area contributed by atoms with Gasteiger partial charge in [0.1, 0.15) is 0 Å². The molecule has 0 amide bonds. The van der Waals surface area contributed by atoms with Crippen LogP contribution in [0.3, 0.4) is 0 Å². The van der Waals surface area contributed by atoms with Crippen molar-refractivity contribution in [2.75, 3.05) is 0 Å². The number of rotatable bonds is 3. The first-order valence-corrected chi connectivity index (χ1v) is 5.39. The summed E-state index contributed by atoms with van der Waals surface area (Å²) < 4.78 is 0. The molecule has 2 nitrogen and oxygen atoms in total. The van der Waals surface area contributed by atoms with E-state index in [4.69, 9.17) is 5.73 Å². The maximum absolute atomic E-state index is 6.34. The maximum atomic E-state index is 6.34. The zero-order valence-electron chi connectivity index (χ0n) is 8.96. The van der Waals surface area contributed by atoms with Gasteiger partial charge in [0.15, 0.2) is 0 Å². The number of nitrogens with zero attached hydrogens (tertiary/aromatic N) is 1. The van der Waals surface area contributed by atoms with Gasteiger partial charge in [0.25, 0.3) is 0 Å². The van der Waals surface area contributed by atoms with Crippen LogP contribution in [0.15, 0.2) is 18.3 Å². The van der Waals surface area contributed by atoms with Crippen LogP contribution in [0, 0.1) is 12.8 Å². The van der Waals surface area contributed by atoms with E-state index in [1.165, 1.54) is 18.4 Å². The second-order valence-corrected chi connectivity index (χ2v) is 4.40. The van der Waals surface area contributed by atoms with Gasteiger partial charge in [0.05, 0.1) is 11.2 Å². The molecule has 0 aromatic carbocycles. The van der Waals surface area contributed by atoms with Gasteiger partial charge in [-0.25, -0.2) is 0 Å². The fourth-order valence-electron chi connectivity index (χ4n) is 2.32. The predicted molar refractivity (Wildman–Crippen MR) is 57.9 cm³/mol. The monoisotopic (exact) mass is 190 g/mol. The molecule has 14 heavy (non-hydrogen) atoms. The van der Waals surface area contributed by atoms with E-state index in [1.54, 1.807) is 0 Å². The maximum Gasteiger partial charge on any atom is 0.0634 e. The molecule has 2 heteroatoms. The van der Waals surface area contributed by atoms with Gasteiger partial charge < -0.3 is 5.73 Å². The van der Waals surface area contributed by atoms with Crippen molar-refractivity contribution in [2.24, 2.45) is 11.7 Å². The van der Waals surface area contributed by atoms with E-state index in [0.29, 0.717) is 5.92 Å². The quantitative estimate of drug-likeness (QED) is 0.794. The van der Waals surface area contributed by atoms with Crippen LogP contribution in [0.4, 0.5) is 0 Å². The smallest absolute Gasteiger partial charge is 0.0634 e. The van der Waals surface area contributed by atoms with E-state index in [9.17, 15) is 0 Å². The molecule has 2 rings (SSSR count). The van der Waals surface area contributed by atoms with Crippen LogP contribution in [0.2, 0.25) is 0 Å². The Hall–Kier alpha value is -0.890. The van der Waals surface area contributed by atoms with Crippen molar-refractivity contribution in [3.05, 3.63) is 29.6 Å². The normalized spacial score (nSPS) is 30.4. The van der Waals surface area contributed by atoms with Gasteiger partial charge in [-0.05, 0) is 37.3 Å². The van der Waals surface area contributed by atoms with Crippen LogP contribution >= 0.6 is 0 Å². The highest BCUT2D eigenvalue weighted by Crippen LogP contribution is 2.52. The predicted octanol–water partition coefficient (Wildman–Crippen LogP) is 2.36. The molecule has 1 aliphatic rings. The van der Waals surface area contributed by atoms with E-state index in [0.717, 1.165) is 12.1 Å². The van der Waals surface area contributed by atoms with Crippen molar-refractivity contribution in [1.29, 1.82) is 0 Å². The van der Waals surface area contributed by atoms with Crippen LogP contribution in [0.25, 0.3) is 0 Å². The van der Waals surface area contributed by atoms with Gasteiger partial charge in [-0.3, -0.25) is 4.98 Å². The topological polar surface area (TPSA) is 38.9 Å². The Morgan fingerprint density at radius 1 is 1.64 bits per heavy atom. The van der Waals surface area contributed by atoms with Crippen LogP contribution < -0.4 is 5.73 Å². The first-order valence-electron chi connectivity index (χ1n) is 5.39. The summed E-state index contributed by atoms with van der Waals surface area (Å²) in [5.74, 6) is 0.654. The lowest BCUT2D eigenvalue weighted by Crippen LogP contribution is -2.24. The largest absolute Gasteiger partial charge is 0.320 e. The average Bonchev–Trinajstić information content (AvgIpc) is 2.79. The van der Waals surface area contributed by atoms with Crippen LogP contribution in [0.5, 0.6) is 0 Å². The molecule has 1 heterocycles. The minimum atomic E-state index is -0.110. The highest BCUT2D eigenvalue weighted by Gasteiger charge is 2.52. The van der Waals surface area contributed by atoms with E-state index in [-0.39, 0.29) is 5.54 Å². The van der Waals surface area contributed by atoms with Crippen LogP contribution in [-0.4, -0.2) is 4.98 Å². The summed E-state index contributed by atoms with van der Waals surface area (Å²) in [5, 5.41) is 0. The van der Waals surface area contributed by atoms with Gasteiger partial charge >= 0.3 is 0 Å².